The molecule has 2 rings (SSSR count). The molecule has 0 saturated carbocycles. The Morgan fingerprint density at radius 2 is 1.79 bits per heavy atom. The van der Waals surface area contributed by atoms with Crippen LogP contribution in [0.5, 0.6) is 0 Å². The molecule has 0 fully saturated rings. The van der Waals surface area contributed by atoms with Crippen molar-refractivity contribution in [2.75, 3.05) is 0 Å². The number of aryl methyl sites for hydroxylation is 1. The lowest BCUT2D eigenvalue weighted by Gasteiger charge is -1.99. The second kappa shape index (κ2) is 5.50. The van der Waals surface area contributed by atoms with E-state index in [-0.39, 0.29) is 4.90 Å². The molecule has 0 amide bonds. The van der Waals surface area contributed by atoms with E-state index in [0.29, 0.717) is 5.69 Å². The number of nitrogens with zero attached hydrogens (tertiary/aromatic N) is 1. The van der Waals surface area contributed by atoms with Crippen LogP contribution < -0.4 is 5.19 Å². The van der Waals surface area contributed by atoms with E-state index in [9.17, 15) is 8.42 Å². The molecule has 0 N–H and O–H groups in total. The fourth-order valence-electron chi connectivity index (χ4n) is 1.51. The molecule has 3 nitrogen and oxygen atoms in total. The zero-order valence-corrected chi connectivity index (χ0v) is 12.2. The molecule has 0 saturated heterocycles. The van der Waals surface area contributed by atoms with E-state index in [2.05, 4.69) is 15.2 Å². The lowest BCUT2D eigenvalue weighted by atomic mass is 10.2. The molecular formula is C14H12NO2SSi. The minimum absolute atomic E-state index is 0.247. The molecule has 0 atom stereocenters. The fourth-order valence-corrected chi connectivity index (χ4v) is 2.65. The maximum absolute atomic E-state index is 12.0. The third kappa shape index (κ3) is 3.62. The predicted octanol–water partition coefficient (Wildman–Crippen LogP) is 1.92. The van der Waals surface area contributed by atoms with Crippen LogP contribution in [-0.4, -0.2) is 24.2 Å². The van der Waals surface area contributed by atoms with Crippen LogP contribution in [0.2, 0.25) is 0 Å². The van der Waals surface area contributed by atoms with Crippen LogP contribution in [0, 0.1) is 6.92 Å². The molecule has 0 bridgehead atoms. The summed E-state index contributed by atoms with van der Waals surface area (Å²) in [5.74, 6) is 0. The highest BCUT2D eigenvalue weighted by atomic mass is 32.2. The average molecular weight is 286 g/mol. The van der Waals surface area contributed by atoms with Crippen LogP contribution in [0.15, 0.2) is 58.4 Å². The zero-order chi connectivity index (χ0) is 13.9. The Morgan fingerprint density at radius 3 is 2.42 bits per heavy atom. The van der Waals surface area contributed by atoms with Crippen LogP contribution in [0.25, 0.3) is 0 Å². The molecule has 95 valence electrons. The number of hydrogen-bond donors (Lipinski definition) is 0. The summed E-state index contributed by atoms with van der Waals surface area (Å²) in [6.07, 6.45) is 0. The second-order valence-electron chi connectivity index (χ2n) is 4.14. The van der Waals surface area contributed by atoms with E-state index in [4.69, 9.17) is 0 Å². The van der Waals surface area contributed by atoms with Gasteiger partial charge in [-0.2, -0.15) is 0 Å². The van der Waals surface area contributed by atoms with Gasteiger partial charge in [-0.15, -0.1) is 0 Å². The maximum atomic E-state index is 12.0. The summed E-state index contributed by atoms with van der Waals surface area (Å²) in [4.78, 5) is 4.24. The molecule has 19 heavy (non-hydrogen) atoms. The zero-order valence-electron chi connectivity index (χ0n) is 10.4. The third-order valence-electron chi connectivity index (χ3n) is 2.54. The highest BCUT2D eigenvalue weighted by Gasteiger charge is 2.10. The first-order valence-corrected chi connectivity index (χ1v) is 7.69. The fraction of sp³-hybridized carbons (Fsp3) is 0.0714. The summed E-state index contributed by atoms with van der Waals surface area (Å²) in [5.41, 5.74) is 2.59. The monoisotopic (exact) mass is 286 g/mol. The van der Waals surface area contributed by atoms with Gasteiger partial charge < -0.3 is 0 Å². The van der Waals surface area contributed by atoms with Crippen molar-refractivity contribution in [3.8, 4) is 0 Å². The quantitative estimate of drug-likeness (QED) is 0.492. The minimum atomic E-state index is -3.50. The van der Waals surface area contributed by atoms with Crippen molar-refractivity contribution in [1.82, 2.24) is 0 Å². The van der Waals surface area contributed by atoms with Gasteiger partial charge in [-0.05, 0) is 31.2 Å². The van der Waals surface area contributed by atoms with Gasteiger partial charge in [0, 0.05) is 0 Å². The van der Waals surface area contributed by atoms with Crippen LogP contribution in [0.1, 0.15) is 5.56 Å². The standard InChI is InChI=1S/C14H12NO2SSi/c1-11-5-7-13(8-6-11)18(16,17)10-15-12-3-2-4-14(19)9-12/h2-10H,1H3. The molecule has 2 aromatic rings. The van der Waals surface area contributed by atoms with Gasteiger partial charge in [-0.25, -0.2) is 13.4 Å². The van der Waals surface area contributed by atoms with Gasteiger partial charge in [0.05, 0.1) is 20.8 Å². The Kier molecular flexibility index (Phi) is 3.97. The molecule has 0 heterocycles. The van der Waals surface area contributed by atoms with Gasteiger partial charge >= 0.3 is 0 Å². The normalized spacial score (nSPS) is 11.9. The Labute approximate surface area is 116 Å². The van der Waals surface area contributed by atoms with Crippen molar-refractivity contribution in [2.45, 2.75) is 11.8 Å². The molecule has 0 aromatic heterocycles. The average Bonchev–Trinajstić information content (AvgIpc) is 2.37. The van der Waals surface area contributed by atoms with E-state index < -0.39 is 9.84 Å². The van der Waals surface area contributed by atoms with Gasteiger partial charge in [-0.1, -0.05) is 35.0 Å². The summed E-state index contributed by atoms with van der Waals surface area (Å²) >= 11 is 0. The molecule has 2 aromatic carbocycles. The summed E-state index contributed by atoms with van der Waals surface area (Å²) < 4.78 is 24.1. The molecule has 0 unspecified atom stereocenters. The van der Waals surface area contributed by atoms with Crippen molar-refractivity contribution >= 4 is 36.5 Å². The maximum Gasteiger partial charge on any atom is 0.216 e. The lowest BCUT2D eigenvalue weighted by molar-refractivity contribution is 0.608. The van der Waals surface area contributed by atoms with E-state index in [1.54, 1.807) is 42.5 Å². The minimum Gasteiger partial charge on any atom is -0.244 e. The lowest BCUT2D eigenvalue weighted by Crippen LogP contribution is -2.02. The number of benzene rings is 2. The summed E-state index contributed by atoms with van der Waals surface area (Å²) in [6, 6.07) is 13.8. The van der Waals surface area contributed by atoms with E-state index >= 15 is 0 Å². The summed E-state index contributed by atoms with van der Waals surface area (Å²) in [6.45, 7) is 1.91. The van der Waals surface area contributed by atoms with Gasteiger partial charge in [-0.3, -0.25) is 0 Å². The summed E-state index contributed by atoms with van der Waals surface area (Å²) in [5, 5.41) is 0.849. The topological polar surface area (TPSA) is 46.5 Å². The van der Waals surface area contributed by atoms with Crippen molar-refractivity contribution in [3.05, 3.63) is 54.1 Å². The van der Waals surface area contributed by atoms with Gasteiger partial charge in [0.25, 0.3) is 0 Å². The van der Waals surface area contributed by atoms with Gasteiger partial charge in [0.1, 0.15) is 5.55 Å². The largest absolute Gasteiger partial charge is 0.244 e. The molecule has 0 aliphatic rings. The Morgan fingerprint density at radius 1 is 1.11 bits per heavy atom. The molecule has 5 heteroatoms. The van der Waals surface area contributed by atoms with Crippen LogP contribution in [0.3, 0.4) is 0 Å². The number of aliphatic imine (C=N–C) groups is 1. The Hall–Kier alpha value is -1.72. The first kappa shape index (κ1) is 13.7. The van der Waals surface area contributed by atoms with E-state index in [1.165, 1.54) is 0 Å². The highest BCUT2D eigenvalue weighted by molar-refractivity contribution is 8.04. The molecule has 0 spiro atoms. The first-order valence-electron chi connectivity index (χ1n) is 5.65. The molecular weight excluding hydrogens is 274 g/mol. The van der Waals surface area contributed by atoms with E-state index in [1.807, 2.05) is 13.0 Å². The Balaban J connectivity index is 2.29. The molecule has 3 radical (unpaired) electrons. The van der Waals surface area contributed by atoms with Crippen molar-refractivity contribution in [3.63, 3.8) is 0 Å². The predicted molar refractivity (Wildman–Crippen MR) is 78.3 cm³/mol. The van der Waals surface area contributed by atoms with Gasteiger partial charge in [0.15, 0.2) is 0 Å². The number of sulfone groups is 1. The first-order chi connectivity index (χ1) is 8.97. The third-order valence-corrected chi connectivity index (χ3v) is 4.16. The molecule has 0 aliphatic heterocycles. The van der Waals surface area contributed by atoms with Crippen molar-refractivity contribution in [2.24, 2.45) is 4.99 Å². The van der Waals surface area contributed by atoms with E-state index in [0.717, 1.165) is 16.3 Å². The second-order valence-corrected chi connectivity index (χ2v) is 6.49. The van der Waals surface area contributed by atoms with Gasteiger partial charge in [0.2, 0.25) is 9.84 Å². The van der Waals surface area contributed by atoms with Crippen LogP contribution in [-0.2, 0) is 9.84 Å². The summed E-state index contributed by atoms with van der Waals surface area (Å²) in [7, 11) is -0.133. The number of rotatable bonds is 3. The highest BCUT2D eigenvalue weighted by Crippen LogP contribution is 2.13. The van der Waals surface area contributed by atoms with Crippen LogP contribution >= 0.6 is 0 Å². The SMILES string of the molecule is Cc1ccc(S(=O)(=O)C=Nc2cccc([Si])c2)cc1. The Bertz CT molecular complexity index is 706. The van der Waals surface area contributed by atoms with Crippen molar-refractivity contribution < 1.29 is 8.42 Å². The van der Waals surface area contributed by atoms with Crippen LogP contribution in [0.4, 0.5) is 5.69 Å². The van der Waals surface area contributed by atoms with Crippen molar-refractivity contribution in [1.29, 1.82) is 0 Å². The molecule has 0 aliphatic carbocycles. The number of hydrogen-bond acceptors (Lipinski definition) is 3. The smallest absolute Gasteiger partial charge is 0.216 e.